The first-order valence-electron chi connectivity index (χ1n) is 13.5. The van der Waals surface area contributed by atoms with E-state index in [2.05, 4.69) is 59.3 Å². The van der Waals surface area contributed by atoms with Gasteiger partial charge in [-0.25, -0.2) is 9.97 Å². The molecule has 0 spiro atoms. The minimum absolute atomic E-state index is 0.199. The minimum Gasteiger partial charge on any atom is -0.369 e. The van der Waals surface area contributed by atoms with Crippen molar-refractivity contribution >= 4 is 34.0 Å². The fraction of sp³-hybridized carbons (Fsp3) is 0.517. The van der Waals surface area contributed by atoms with Gasteiger partial charge in [0.15, 0.2) is 0 Å². The number of fused-ring (bicyclic) bond motifs is 1. The van der Waals surface area contributed by atoms with Crippen LogP contribution < -0.4 is 16.0 Å². The number of aromatic nitrogens is 2. The van der Waals surface area contributed by atoms with Crippen molar-refractivity contribution in [2.75, 3.05) is 49.5 Å². The van der Waals surface area contributed by atoms with Crippen LogP contribution in [0.15, 0.2) is 42.5 Å². The summed E-state index contributed by atoms with van der Waals surface area (Å²) in [5.41, 5.74) is 9.16. The minimum atomic E-state index is -0.199. The molecule has 5 rings (SSSR count). The first-order chi connectivity index (χ1) is 17.5. The van der Waals surface area contributed by atoms with Crippen molar-refractivity contribution in [3.05, 3.63) is 58.9 Å². The number of piperazine rings is 1. The smallest absolute Gasteiger partial charge is 0.141 e. The molecule has 0 unspecified atom stereocenters. The summed E-state index contributed by atoms with van der Waals surface area (Å²) in [6.45, 7) is 10.0. The molecule has 1 aliphatic carbocycles. The highest BCUT2D eigenvalue weighted by Gasteiger charge is 2.39. The Kier molecular flexibility index (Phi) is 7.65. The van der Waals surface area contributed by atoms with Gasteiger partial charge in [-0.15, -0.1) is 0 Å². The highest BCUT2D eigenvalue weighted by molar-refractivity contribution is 6.30. The fourth-order valence-corrected chi connectivity index (χ4v) is 6.04. The van der Waals surface area contributed by atoms with Crippen molar-refractivity contribution < 1.29 is 0 Å². The second-order valence-corrected chi connectivity index (χ2v) is 11.0. The third-order valence-corrected chi connectivity index (χ3v) is 8.31. The van der Waals surface area contributed by atoms with Crippen molar-refractivity contribution in [1.82, 2.24) is 14.9 Å². The van der Waals surface area contributed by atoms with Gasteiger partial charge in [0, 0.05) is 61.4 Å². The number of nitrogens with two attached hydrogens (primary N) is 1. The van der Waals surface area contributed by atoms with Gasteiger partial charge in [0.05, 0.1) is 10.9 Å². The van der Waals surface area contributed by atoms with E-state index in [-0.39, 0.29) is 5.41 Å². The number of nitrogens with zero attached hydrogens (tertiary/aromatic N) is 4. The lowest BCUT2D eigenvalue weighted by Gasteiger charge is -2.38. The van der Waals surface area contributed by atoms with Crippen LogP contribution in [0.5, 0.6) is 0 Å². The van der Waals surface area contributed by atoms with E-state index in [9.17, 15) is 0 Å². The number of benzene rings is 2. The monoisotopic (exact) mass is 506 g/mol. The van der Waals surface area contributed by atoms with E-state index in [0.29, 0.717) is 19.1 Å². The van der Waals surface area contributed by atoms with Gasteiger partial charge in [-0.2, -0.15) is 0 Å². The summed E-state index contributed by atoms with van der Waals surface area (Å²) < 4.78 is 0. The number of rotatable bonds is 7. The molecule has 1 aromatic heterocycles. The third-order valence-electron chi connectivity index (χ3n) is 8.06. The summed E-state index contributed by atoms with van der Waals surface area (Å²) in [7, 11) is 0. The zero-order chi connectivity index (χ0) is 25.1. The van der Waals surface area contributed by atoms with Gasteiger partial charge < -0.3 is 16.0 Å². The maximum Gasteiger partial charge on any atom is 0.141 e. The molecular formula is C29H39ClN6. The van der Waals surface area contributed by atoms with Crippen LogP contribution in [-0.4, -0.2) is 60.2 Å². The van der Waals surface area contributed by atoms with Gasteiger partial charge in [0.2, 0.25) is 0 Å². The Morgan fingerprint density at radius 3 is 2.36 bits per heavy atom. The van der Waals surface area contributed by atoms with E-state index in [1.165, 1.54) is 30.5 Å². The highest BCUT2D eigenvalue weighted by atomic mass is 35.5. The van der Waals surface area contributed by atoms with Crippen molar-refractivity contribution in [1.29, 1.82) is 0 Å². The van der Waals surface area contributed by atoms with Gasteiger partial charge in [0.1, 0.15) is 11.6 Å². The molecule has 192 valence electrons. The molecule has 0 amide bonds. The van der Waals surface area contributed by atoms with E-state index in [0.717, 1.165) is 66.6 Å². The fourth-order valence-electron chi connectivity index (χ4n) is 5.92. The molecule has 1 saturated carbocycles. The SMILES string of the molecule is CC(C)N1CCN(c2ccc3c(NCCN)nc(C4(c5ccc(Cl)cc5)CCCCC4)nc3c2)CC1. The summed E-state index contributed by atoms with van der Waals surface area (Å²) in [5.74, 6) is 1.80. The number of nitrogens with one attached hydrogen (secondary N) is 1. The molecule has 2 heterocycles. The normalized spacial score (nSPS) is 18.6. The molecule has 0 radical (unpaired) electrons. The quantitative estimate of drug-likeness (QED) is 0.445. The van der Waals surface area contributed by atoms with Crippen LogP contribution in [0.3, 0.4) is 0 Å². The van der Waals surface area contributed by atoms with Gasteiger partial charge >= 0.3 is 0 Å². The predicted molar refractivity (Wildman–Crippen MR) is 151 cm³/mol. The predicted octanol–water partition coefficient (Wildman–Crippen LogP) is 5.43. The Bertz CT molecular complexity index is 1160. The van der Waals surface area contributed by atoms with E-state index in [1.54, 1.807) is 0 Å². The van der Waals surface area contributed by atoms with Crippen LogP contribution in [0.4, 0.5) is 11.5 Å². The summed E-state index contributed by atoms with van der Waals surface area (Å²) >= 11 is 6.26. The van der Waals surface area contributed by atoms with Crippen LogP contribution in [0.1, 0.15) is 57.3 Å². The molecule has 0 bridgehead atoms. The molecule has 2 aromatic carbocycles. The van der Waals surface area contributed by atoms with Crippen molar-refractivity contribution in [3.63, 3.8) is 0 Å². The van der Waals surface area contributed by atoms with E-state index in [4.69, 9.17) is 27.3 Å². The second kappa shape index (κ2) is 10.9. The Labute approximate surface area is 220 Å². The molecule has 6 nitrogen and oxygen atoms in total. The molecule has 1 saturated heterocycles. The average Bonchev–Trinajstić information content (AvgIpc) is 2.92. The van der Waals surface area contributed by atoms with E-state index in [1.807, 2.05) is 12.1 Å². The Morgan fingerprint density at radius 1 is 0.972 bits per heavy atom. The average molecular weight is 507 g/mol. The Hall–Kier alpha value is -2.41. The maximum atomic E-state index is 6.26. The maximum absolute atomic E-state index is 6.26. The molecule has 0 atom stereocenters. The molecule has 3 N–H and O–H groups in total. The number of hydrogen-bond acceptors (Lipinski definition) is 6. The van der Waals surface area contributed by atoms with E-state index >= 15 is 0 Å². The largest absolute Gasteiger partial charge is 0.369 e. The molecule has 2 fully saturated rings. The van der Waals surface area contributed by atoms with Crippen LogP contribution >= 0.6 is 11.6 Å². The number of halogens is 1. The van der Waals surface area contributed by atoms with Crippen LogP contribution in [0, 0.1) is 0 Å². The third kappa shape index (κ3) is 5.04. The first-order valence-corrected chi connectivity index (χ1v) is 13.9. The molecule has 3 aromatic rings. The van der Waals surface area contributed by atoms with Gasteiger partial charge in [-0.05, 0) is 62.6 Å². The zero-order valence-corrected chi connectivity index (χ0v) is 22.4. The van der Waals surface area contributed by atoms with Crippen molar-refractivity contribution in [2.45, 2.75) is 57.4 Å². The number of anilines is 2. The highest BCUT2D eigenvalue weighted by Crippen LogP contribution is 2.44. The first kappa shape index (κ1) is 25.2. The molecule has 1 aliphatic heterocycles. The van der Waals surface area contributed by atoms with Crippen LogP contribution in [0.25, 0.3) is 10.9 Å². The standard InChI is InChI=1S/C29H39ClN6/c1-21(2)35-16-18-36(19-17-35)24-10-11-25-26(20-24)33-28(34-27(25)32-15-14-31)29(12-4-3-5-13-29)22-6-8-23(30)9-7-22/h6-11,20-21H,3-5,12-19,31H2,1-2H3,(H,32,33,34). The lowest BCUT2D eigenvalue weighted by Crippen LogP contribution is -2.48. The lowest BCUT2D eigenvalue weighted by molar-refractivity contribution is 0.209. The summed E-state index contributed by atoms with van der Waals surface area (Å²) in [4.78, 5) is 15.5. The molecular weight excluding hydrogens is 468 g/mol. The summed E-state index contributed by atoms with van der Waals surface area (Å²) in [5, 5.41) is 5.31. The lowest BCUT2D eigenvalue weighted by atomic mass is 9.68. The van der Waals surface area contributed by atoms with Gasteiger partial charge in [-0.3, -0.25) is 4.90 Å². The zero-order valence-electron chi connectivity index (χ0n) is 21.6. The van der Waals surface area contributed by atoms with Crippen molar-refractivity contribution in [3.8, 4) is 0 Å². The summed E-state index contributed by atoms with van der Waals surface area (Å²) in [6.07, 6.45) is 5.71. The summed E-state index contributed by atoms with van der Waals surface area (Å²) in [6, 6.07) is 15.6. The van der Waals surface area contributed by atoms with Crippen LogP contribution in [-0.2, 0) is 5.41 Å². The second-order valence-electron chi connectivity index (χ2n) is 10.6. The molecule has 7 heteroatoms. The van der Waals surface area contributed by atoms with Gasteiger partial charge in [0.25, 0.3) is 0 Å². The topological polar surface area (TPSA) is 70.3 Å². The Morgan fingerprint density at radius 2 is 1.69 bits per heavy atom. The van der Waals surface area contributed by atoms with Gasteiger partial charge in [-0.1, -0.05) is 43.0 Å². The number of hydrogen-bond donors (Lipinski definition) is 2. The Balaban J connectivity index is 1.58. The molecule has 36 heavy (non-hydrogen) atoms. The van der Waals surface area contributed by atoms with Crippen molar-refractivity contribution in [2.24, 2.45) is 5.73 Å². The van der Waals surface area contributed by atoms with E-state index < -0.39 is 0 Å². The molecule has 2 aliphatic rings. The van der Waals surface area contributed by atoms with Crippen LogP contribution in [0.2, 0.25) is 5.02 Å².